The highest BCUT2D eigenvalue weighted by atomic mass is 16.5. The van der Waals surface area contributed by atoms with Gasteiger partial charge in [0, 0.05) is 12.2 Å². The van der Waals surface area contributed by atoms with Gasteiger partial charge in [0.05, 0.1) is 24.7 Å². The molecule has 0 aromatic heterocycles. The van der Waals surface area contributed by atoms with E-state index in [2.05, 4.69) is 5.32 Å². The minimum Gasteiger partial charge on any atom is -0.462 e. The van der Waals surface area contributed by atoms with Gasteiger partial charge in [0.15, 0.2) is 0 Å². The van der Waals surface area contributed by atoms with Crippen molar-refractivity contribution in [1.29, 1.82) is 5.26 Å². The second kappa shape index (κ2) is 6.46. The van der Waals surface area contributed by atoms with Crippen molar-refractivity contribution in [2.24, 2.45) is 0 Å². The third-order valence-electron chi connectivity index (χ3n) is 1.96. The molecule has 0 bridgehead atoms. The summed E-state index contributed by atoms with van der Waals surface area (Å²) >= 11 is 0. The highest BCUT2D eigenvalue weighted by Crippen LogP contribution is 2.10. The maximum Gasteiger partial charge on any atom is 0.338 e. The number of nitriles is 1. The Labute approximate surface area is 94.8 Å². The highest BCUT2D eigenvalue weighted by molar-refractivity contribution is 5.89. The van der Waals surface area contributed by atoms with Gasteiger partial charge in [-0.1, -0.05) is 0 Å². The first kappa shape index (κ1) is 12.1. The topological polar surface area (TPSA) is 62.1 Å². The van der Waals surface area contributed by atoms with Crippen LogP contribution in [0, 0.1) is 11.3 Å². The quantitative estimate of drug-likeness (QED) is 0.607. The fraction of sp³-hybridized carbons (Fsp3) is 0.333. The van der Waals surface area contributed by atoms with Crippen molar-refractivity contribution < 1.29 is 9.53 Å². The standard InChI is InChI=1S/C12H14N2O2/c1-2-16-12(15)10-4-6-11(7-5-10)14-9-3-8-13/h4-7,14H,2-3,9H2,1H3. The lowest BCUT2D eigenvalue weighted by molar-refractivity contribution is 0.0526. The first-order valence-electron chi connectivity index (χ1n) is 5.16. The second-order valence-corrected chi connectivity index (χ2v) is 3.13. The second-order valence-electron chi connectivity index (χ2n) is 3.13. The number of hydrogen-bond donors (Lipinski definition) is 1. The molecule has 84 valence electrons. The number of ether oxygens (including phenoxy) is 1. The van der Waals surface area contributed by atoms with Crippen LogP contribution >= 0.6 is 0 Å². The molecule has 1 aromatic rings. The van der Waals surface area contributed by atoms with Crippen LogP contribution in [-0.2, 0) is 4.74 Å². The summed E-state index contributed by atoms with van der Waals surface area (Å²) in [4.78, 5) is 11.3. The SMILES string of the molecule is CCOC(=O)c1ccc(NCCC#N)cc1. The van der Waals surface area contributed by atoms with Crippen molar-refractivity contribution >= 4 is 11.7 Å². The molecule has 0 aliphatic heterocycles. The van der Waals surface area contributed by atoms with Crippen LogP contribution < -0.4 is 5.32 Å². The summed E-state index contributed by atoms with van der Waals surface area (Å²) in [5, 5.41) is 11.4. The summed E-state index contributed by atoms with van der Waals surface area (Å²) in [6.45, 7) is 2.76. The van der Waals surface area contributed by atoms with Gasteiger partial charge in [0.1, 0.15) is 0 Å². The average Bonchev–Trinajstić information content (AvgIpc) is 2.30. The van der Waals surface area contributed by atoms with E-state index in [-0.39, 0.29) is 5.97 Å². The van der Waals surface area contributed by atoms with E-state index >= 15 is 0 Å². The van der Waals surface area contributed by atoms with E-state index in [9.17, 15) is 4.79 Å². The zero-order valence-electron chi connectivity index (χ0n) is 9.19. The smallest absolute Gasteiger partial charge is 0.338 e. The van der Waals surface area contributed by atoms with Crippen molar-refractivity contribution in [2.45, 2.75) is 13.3 Å². The molecule has 1 N–H and O–H groups in total. The van der Waals surface area contributed by atoms with Crippen LogP contribution in [0.2, 0.25) is 0 Å². The minimum atomic E-state index is -0.314. The van der Waals surface area contributed by atoms with E-state index in [1.807, 2.05) is 6.07 Å². The molecule has 0 aliphatic carbocycles. The van der Waals surface area contributed by atoms with Crippen molar-refractivity contribution in [3.63, 3.8) is 0 Å². The Morgan fingerprint density at radius 1 is 1.44 bits per heavy atom. The molecular weight excluding hydrogens is 204 g/mol. The normalized spacial score (nSPS) is 9.25. The van der Waals surface area contributed by atoms with E-state index in [1.54, 1.807) is 31.2 Å². The molecule has 0 amide bonds. The third-order valence-corrected chi connectivity index (χ3v) is 1.96. The molecule has 0 radical (unpaired) electrons. The monoisotopic (exact) mass is 218 g/mol. The van der Waals surface area contributed by atoms with Crippen LogP contribution in [0.4, 0.5) is 5.69 Å². The molecule has 0 fully saturated rings. The number of carbonyl (C=O) groups is 1. The first-order chi connectivity index (χ1) is 7.77. The number of benzene rings is 1. The Bertz CT molecular complexity index is 379. The van der Waals surface area contributed by atoms with Gasteiger partial charge in [-0.3, -0.25) is 0 Å². The zero-order chi connectivity index (χ0) is 11.8. The van der Waals surface area contributed by atoms with Crippen LogP contribution in [0.1, 0.15) is 23.7 Å². The van der Waals surface area contributed by atoms with E-state index in [0.717, 1.165) is 5.69 Å². The molecular formula is C12H14N2O2. The fourth-order valence-corrected chi connectivity index (χ4v) is 1.20. The van der Waals surface area contributed by atoms with Gasteiger partial charge in [-0.25, -0.2) is 4.79 Å². The molecule has 0 heterocycles. The molecule has 1 rings (SSSR count). The summed E-state index contributed by atoms with van der Waals surface area (Å²) in [5.74, 6) is -0.314. The number of rotatable bonds is 5. The van der Waals surface area contributed by atoms with E-state index < -0.39 is 0 Å². The third kappa shape index (κ3) is 3.62. The average molecular weight is 218 g/mol. The molecule has 4 nitrogen and oxygen atoms in total. The largest absolute Gasteiger partial charge is 0.462 e. The molecule has 1 aromatic carbocycles. The molecule has 0 unspecified atom stereocenters. The van der Waals surface area contributed by atoms with Crippen LogP contribution in [0.5, 0.6) is 0 Å². The maximum atomic E-state index is 11.3. The predicted molar refractivity (Wildman–Crippen MR) is 61.1 cm³/mol. The van der Waals surface area contributed by atoms with Crippen molar-refractivity contribution in [3.8, 4) is 6.07 Å². The van der Waals surface area contributed by atoms with Crippen molar-refractivity contribution in [3.05, 3.63) is 29.8 Å². The van der Waals surface area contributed by atoms with Gasteiger partial charge in [0.2, 0.25) is 0 Å². The summed E-state index contributed by atoms with van der Waals surface area (Å²) in [6, 6.07) is 9.04. The Morgan fingerprint density at radius 3 is 2.69 bits per heavy atom. The fourth-order valence-electron chi connectivity index (χ4n) is 1.20. The van der Waals surface area contributed by atoms with Gasteiger partial charge in [-0.15, -0.1) is 0 Å². The first-order valence-corrected chi connectivity index (χ1v) is 5.16. The Kier molecular flexibility index (Phi) is 4.87. The van der Waals surface area contributed by atoms with Gasteiger partial charge < -0.3 is 10.1 Å². The molecule has 0 atom stereocenters. The zero-order valence-corrected chi connectivity index (χ0v) is 9.19. The number of anilines is 1. The Morgan fingerprint density at radius 2 is 2.12 bits per heavy atom. The van der Waals surface area contributed by atoms with Gasteiger partial charge in [0.25, 0.3) is 0 Å². The molecule has 16 heavy (non-hydrogen) atoms. The van der Waals surface area contributed by atoms with Gasteiger partial charge >= 0.3 is 5.97 Å². The van der Waals surface area contributed by atoms with Gasteiger partial charge in [-0.05, 0) is 31.2 Å². The molecule has 0 saturated carbocycles. The number of nitrogens with zero attached hydrogens (tertiary/aromatic N) is 1. The predicted octanol–water partition coefficient (Wildman–Crippen LogP) is 2.19. The van der Waals surface area contributed by atoms with Gasteiger partial charge in [-0.2, -0.15) is 5.26 Å². The lowest BCUT2D eigenvalue weighted by Gasteiger charge is -2.05. The lowest BCUT2D eigenvalue weighted by atomic mass is 10.2. The van der Waals surface area contributed by atoms with Crippen LogP contribution in [0.25, 0.3) is 0 Å². The molecule has 0 saturated heterocycles. The summed E-state index contributed by atoms with van der Waals surface area (Å²) < 4.78 is 4.86. The van der Waals surface area contributed by atoms with E-state index in [0.29, 0.717) is 25.1 Å². The highest BCUT2D eigenvalue weighted by Gasteiger charge is 2.04. The van der Waals surface area contributed by atoms with Crippen molar-refractivity contribution in [2.75, 3.05) is 18.5 Å². The number of hydrogen-bond acceptors (Lipinski definition) is 4. The van der Waals surface area contributed by atoms with E-state index in [4.69, 9.17) is 10.00 Å². The molecule has 0 aliphatic rings. The Balaban J connectivity index is 2.54. The minimum absolute atomic E-state index is 0.314. The number of carbonyl (C=O) groups excluding carboxylic acids is 1. The summed E-state index contributed by atoms with van der Waals surface area (Å²) in [5.41, 5.74) is 1.43. The van der Waals surface area contributed by atoms with E-state index in [1.165, 1.54) is 0 Å². The number of nitrogens with one attached hydrogen (secondary N) is 1. The maximum absolute atomic E-state index is 11.3. The summed E-state index contributed by atoms with van der Waals surface area (Å²) in [7, 11) is 0. The van der Waals surface area contributed by atoms with Crippen LogP contribution in [0.3, 0.4) is 0 Å². The van der Waals surface area contributed by atoms with Crippen LogP contribution in [-0.4, -0.2) is 19.1 Å². The Hall–Kier alpha value is -2.02. The summed E-state index contributed by atoms with van der Waals surface area (Å²) in [6.07, 6.45) is 0.458. The molecule has 0 spiro atoms. The molecule has 4 heteroatoms. The van der Waals surface area contributed by atoms with Crippen molar-refractivity contribution in [1.82, 2.24) is 0 Å². The lowest BCUT2D eigenvalue weighted by Crippen LogP contribution is -2.05. The van der Waals surface area contributed by atoms with Crippen LogP contribution in [0.15, 0.2) is 24.3 Å². The number of esters is 1.